The predicted molar refractivity (Wildman–Crippen MR) is 85.3 cm³/mol. The molecule has 1 aromatic carbocycles. The van der Waals surface area contributed by atoms with Gasteiger partial charge in [0.25, 0.3) is 0 Å². The molecule has 0 spiro atoms. The number of halogens is 2. The Bertz CT molecular complexity index is 551. The fourth-order valence-corrected chi connectivity index (χ4v) is 2.09. The first-order chi connectivity index (χ1) is 9.60. The Morgan fingerprint density at radius 2 is 1.90 bits per heavy atom. The molecule has 0 aliphatic heterocycles. The van der Waals surface area contributed by atoms with E-state index < -0.39 is 21.9 Å². The van der Waals surface area contributed by atoms with Crippen molar-refractivity contribution >= 4 is 16.5 Å². The molecule has 0 aliphatic rings. The average molecular weight is 317 g/mol. The Morgan fingerprint density at radius 1 is 1.29 bits per heavy atom. The summed E-state index contributed by atoms with van der Waals surface area (Å²) in [4.78, 5) is 3.94. The van der Waals surface area contributed by atoms with E-state index in [0.717, 1.165) is 6.07 Å². The van der Waals surface area contributed by atoms with Gasteiger partial charge in [0.05, 0.1) is 11.7 Å². The molecule has 0 saturated heterocycles. The molecule has 0 unspecified atom stereocenters. The topological polar surface area (TPSA) is 30.8 Å². The van der Waals surface area contributed by atoms with Crippen molar-refractivity contribution in [3.05, 3.63) is 41.8 Å². The van der Waals surface area contributed by atoms with Gasteiger partial charge in [0.1, 0.15) is 5.75 Å². The molecule has 0 N–H and O–H groups in total. The molecule has 21 heavy (non-hydrogen) atoms. The van der Waals surface area contributed by atoms with Crippen molar-refractivity contribution < 1.29 is 17.7 Å². The van der Waals surface area contributed by atoms with Crippen LogP contribution in [-0.4, -0.2) is 31.1 Å². The van der Waals surface area contributed by atoms with Crippen LogP contribution in [0, 0.1) is 11.6 Å². The highest BCUT2D eigenvalue weighted by molar-refractivity contribution is 8.28. The number of nitrogens with zero attached hydrogens (tertiary/aromatic N) is 1. The van der Waals surface area contributed by atoms with Crippen molar-refractivity contribution in [3.8, 4) is 5.75 Å². The van der Waals surface area contributed by atoms with Gasteiger partial charge in [-0.05, 0) is 51.3 Å². The molecular weight excluding hydrogens is 296 g/mol. The lowest BCUT2D eigenvalue weighted by molar-refractivity contribution is 0.240. The van der Waals surface area contributed by atoms with Crippen molar-refractivity contribution in [2.24, 2.45) is 4.99 Å². The van der Waals surface area contributed by atoms with Crippen molar-refractivity contribution in [3.63, 3.8) is 0 Å². The maximum Gasteiger partial charge on any atom is 0.217 e. The minimum atomic E-state index is -1.29. The van der Waals surface area contributed by atoms with Gasteiger partial charge < -0.3 is 8.92 Å². The molecule has 1 aromatic rings. The van der Waals surface area contributed by atoms with E-state index in [1.807, 2.05) is 18.8 Å². The molecule has 1 rings (SSSR count). The van der Waals surface area contributed by atoms with E-state index in [4.69, 9.17) is 8.92 Å². The zero-order chi connectivity index (χ0) is 16.2. The molecule has 0 bridgehead atoms. The van der Waals surface area contributed by atoms with Crippen molar-refractivity contribution in [2.45, 2.75) is 20.0 Å². The molecule has 0 aliphatic carbocycles. The van der Waals surface area contributed by atoms with Gasteiger partial charge >= 0.3 is 0 Å². The summed E-state index contributed by atoms with van der Waals surface area (Å²) in [6.45, 7) is 7.24. The van der Waals surface area contributed by atoms with Gasteiger partial charge in [-0.1, -0.05) is 10.3 Å². The number of benzene rings is 1. The van der Waals surface area contributed by atoms with Crippen LogP contribution < -0.4 is 4.74 Å². The maximum absolute atomic E-state index is 13.9. The molecular formula is C15H21F2NO2S. The van der Waals surface area contributed by atoms with Crippen LogP contribution in [0.3, 0.4) is 0 Å². The molecule has 118 valence electrons. The highest BCUT2D eigenvalue weighted by Gasteiger charge is 2.14. The second-order valence-corrected chi connectivity index (χ2v) is 9.02. The van der Waals surface area contributed by atoms with Crippen LogP contribution in [0.1, 0.15) is 19.4 Å². The third kappa shape index (κ3) is 5.75. The van der Waals surface area contributed by atoms with Crippen LogP contribution in [0.4, 0.5) is 8.78 Å². The fourth-order valence-electron chi connectivity index (χ4n) is 1.47. The Kier molecular flexibility index (Phi) is 5.78. The SMILES string of the molecule is C=C(/N=C/c1c(OC(C)C)ccc(F)c1F)OS(C)(C)C. The first-order valence-electron chi connectivity index (χ1n) is 6.35. The number of ether oxygens (including phenoxy) is 1. The Balaban J connectivity index is 3.05. The Labute approximate surface area is 126 Å². The summed E-state index contributed by atoms with van der Waals surface area (Å²) in [5.74, 6) is -1.59. The zero-order valence-corrected chi connectivity index (χ0v) is 13.8. The number of hydrogen-bond acceptors (Lipinski definition) is 3. The molecule has 0 heterocycles. The number of hydrogen-bond donors (Lipinski definition) is 0. The van der Waals surface area contributed by atoms with Crippen LogP contribution in [-0.2, 0) is 4.18 Å². The summed E-state index contributed by atoms with van der Waals surface area (Å²) in [6.07, 6.45) is 6.77. The van der Waals surface area contributed by atoms with Gasteiger partial charge in [0.15, 0.2) is 11.6 Å². The van der Waals surface area contributed by atoms with Crippen LogP contribution in [0.2, 0.25) is 0 Å². The third-order valence-electron chi connectivity index (χ3n) is 2.14. The lowest BCUT2D eigenvalue weighted by Crippen LogP contribution is -2.09. The summed E-state index contributed by atoms with van der Waals surface area (Å²) in [5, 5.41) is 0. The zero-order valence-electron chi connectivity index (χ0n) is 12.9. The highest BCUT2D eigenvalue weighted by atomic mass is 32.3. The van der Waals surface area contributed by atoms with Crippen molar-refractivity contribution in [2.75, 3.05) is 18.8 Å². The lowest BCUT2D eigenvalue weighted by Gasteiger charge is -2.25. The highest BCUT2D eigenvalue weighted by Crippen LogP contribution is 2.38. The minimum absolute atomic E-state index is 0.0580. The molecule has 0 amide bonds. The largest absolute Gasteiger partial charge is 0.490 e. The molecule has 0 fully saturated rings. The van der Waals surface area contributed by atoms with Gasteiger partial charge in [0.2, 0.25) is 5.88 Å². The van der Waals surface area contributed by atoms with E-state index >= 15 is 0 Å². The molecule has 6 heteroatoms. The van der Waals surface area contributed by atoms with Crippen LogP contribution in [0.25, 0.3) is 0 Å². The van der Waals surface area contributed by atoms with Gasteiger partial charge in [-0.3, -0.25) is 0 Å². The van der Waals surface area contributed by atoms with Crippen LogP contribution in [0.5, 0.6) is 5.75 Å². The third-order valence-corrected chi connectivity index (χ3v) is 2.83. The summed E-state index contributed by atoms with van der Waals surface area (Å²) in [5.41, 5.74) is -0.0580. The van der Waals surface area contributed by atoms with Crippen molar-refractivity contribution in [1.29, 1.82) is 0 Å². The van der Waals surface area contributed by atoms with Gasteiger partial charge in [-0.25, -0.2) is 13.8 Å². The van der Waals surface area contributed by atoms with E-state index in [2.05, 4.69) is 11.6 Å². The molecule has 0 aromatic heterocycles. The molecule has 3 nitrogen and oxygen atoms in total. The van der Waals surface area contributed by atoms with E-state index in [-0.39, 0.29) is 23.3 Å². The van der Waals surface area contributed by atoms with Gasteiger partial charge in [-0.2, -0.15) is 0 Å². The second kappa shape index (κ2) is 6.93. The number of rotatable bonds is 6. The predicted octanol–water partition coefficient (Wildman–Crippen LogP) is 4.27. The van der Waals surface area contributed by atoms with E-state index in [0.29, 0.717) is 0 Å². The maximum atomic E-state index is 13.9. The molecule has 0 atom stereocenters. The molecule has 0 radical (unpaired) electrons. The Hall–Kier alpha value is -1.56. The van der Waals surface area contributed by atoms with E-state index in [9.17, 15) is 8.78 Å². The van der Waals surface area contributed by atoms with Crippen LogP contribution >= 0.6 is 10.3 Å². The monoisotopic (exact) mass is 317 g/mol. The van der Waals surface area contributed by atoms with Crippen molar-refractivity contribution in [1.82, 2.24) is 0 Å². The smallest absolute Gasteiger partial charge is 0.217 e. The second-order valence-electron chi connectivity index (χ2n) is 5.40. The van der Waals surface area contributed by atoms with E-state index in [1.54, 1.807) is 13.8 Å². The Morgan fingerprint density at radius 3 is 2.43 bits per heavy atom. The summed E-state index contributed by atoms with van der Waals surface area (Å²) >= 11 is 0. The quantitative estimate of drug-likeness (QED) is 0.579. The summed E-state index contributed by atoms with van der Waals surface area (Å²) in [7, 11) is -1.29. The first-order valence-corrected chi connectivity index (χ1v) is 9.14. The van der Waals surface area contributed by atoms with Gasteiger partial charge in [-0.15, -0.1) is 0 Å². The van der Waals surface area contributed by atoms with E-state index in [1.165, 1.54) is 12.3 Å². The van der Waals surface area contributed by atoms with Gasteiger partial charge in [0, 0.05) is 6.21 Å². The standard InChI is InChI=1S/C15H21F2NO2S/c1-10(2)19-14-8-7-13(16)15(17)12(14)9-18-11(3)20-21(4,5)6/h7-10H,3H2,1-2,4-6H3/b18-9+. The average Bonchev–Trinajstić information content (AvgIpc) is 2.30. The summed E-state index contributed by atoms with van der Waals surface area (Å²) in [6, 6.07) is 2.40. The molecule has 0 saturated carbocycles. The minimum Gasteiger partial charge on any atom is -0.490 e. The first kappa shape index (κ1) is 17.5. The number of aliphatic imine (C=N–C) groups is 1. The fraction of sp³-hybridized carbons (Fsp3) is 0.400. The normalized spacial score (nSPS) is 12.8. The van der Waals surface area contributed by atoms with Crippen LogP contribution in [0.15, 0.2) is 29.6 Å². The lowest BCUT2D eigenvalue weighted by atomic mass is 10.2. The summed E-state index contributed by atoms with van der Waals surface area (Å²) < 4.78 is 38.2.